The highest BCUT2D eigenvalue weighted by Crippen LogP contribution is 2.23. The number of fused-ring (bicyclic) bond motifs is 1. The van der Waals surface area contributed by atoms with Crippen LogP contribution in [0.4, 0.5) is 0 Å². The van der Waals surface area contributed by atoms with Gasteiger partial charge in [0, 0.05) is 17.7 Å². The number of imidazole rings is 1. The molecule has 6 nitrogen and oxygen atoms in total. The van der Waals surface area contributed by atoms with E-state index in [0.717, 1.165) is 52.7 Å². The number of hydrogen-bond acceptors (Lipinski definition) is 4. The van der Waals surface area contributed by atoms with Gasteiger partial charge >= 0.3 is 0 Å². The molecule has 0 saturated carbocycles. The van der Waals surface area contributed by atoms with Crippen molar-refractivity contribution in [3.8, 4) is 17.1 Å². The van der Waals surface area contributed by atoms with Crippen molar-refractivity contribution in [3.63, 3.8) is 0 Å². The van der Waals surface area contributed by atoms with Crippen molar-refractivity contribution < 1.29 is 10.2 Å². The van der Waals surface area contributed by atoms with Crippen LogP contribution in [0.3, 0.4) is 0 Å². The number of nitrogens with zero attached hydrogens (tertiary/aromatic N) is 2. The molecule has 0 radical (unpaired) electrons. The molecule has 2 aromatic carbocycles. The lowest BCUT2D eigenvalue weighted by atomic mass is 10.2. The standard InChI is InChI=1S/C17H16N4O.2ClH.H2O/c1-22-13-5-2-11(3-6-13)17-20-14-7-4-12(10-15(14)21-17)16-18-8-9-19-16;;;/h2-7,10H,8-9H2,1H3,(H,18,19)(H,20,21);2*1H;1H2. The Morgan fingerprint density at radius 2 is 1.72 bits per heavy atom. The minimum absolute atomic E-state index is 0. The van der Waals surface area contributed by atoms with Gasteiger partial charge in [-0.15, -0.1) is 24.8 Å². The minimum Gasteiger partial charge on any atom is -0.497 e. The Morgan fingerprint density at radius 3 is 2.36 bits per heavy atom. The van der Waals surface area contributed by atoms with Gasteiger partial charge in [0.2, 0.25) is 0 Å². The van der Waals surface area contributed by atoms with E-state index in [1.54, 1.807) is 7.11 Å². The van der Waals surface area contributed by atoms with Crippen LogP contribution >= 0.6 is 24.8 Å². The van der Waals surface area contributed by atoms with Gasteiger partial charge in [-0.05, 0) is 42.5 Å². The molecule has 1 aliphatic rings. The van der Waals surface area contributed by atoms with Crippen LogP contribution in [0.2, 0.25) is 0 Å². The van der Waals surface area contributed by atoms with Gasteiger partial charge in [0.05, 0.1) is 24.7 Å². The summed E-state index contributed by atoms with van der Waals surface area (Å²) in [5.74, 6) is 2.66. The number of halogens is 2. The van der Waals surface area contributed by atoms with Crippen molar-refractivity contribution in [3.05, 3.63) is 48.0 Å². The first-order valence-electron chi connectivity index (χ1n) is 7.26. The van der Waals surface area contributed by atoms with Crippen molar-refractivity contribution in [1.82, 2.24) is 15.3 Å². The van der Waals surface area contributed by atoms with E-state index in [4.69, 9.17) is 4.74 Å². The number of H-pyrrole nitrogens is 1. The van der Waals surface area contributed by atoms with Crippen LogP contribution in [0.5, 0.6) is 5.75 Å². The molecule has 4 rings (SSSR count). The molecule has 0 saturated heterocycles. The first kappa shape index (κ1) is 20.8. The Morgan fingerprint density at radius 1 is 1.00 bits per heavy atom. The van der Waals surface area contributed by atoms with Gasteiger partial charge in [0.1, 0.15) is 17.4 Å². The van der Waals surface area contributed by atoms with Crippen molar-refractivity contribution in [2.75, 3.05) is 20.2 Å². The van der Waals surface area contributed by atoms with Crippen LogP contribution < -0.4 is 10.1 Å². The van der Waals surface area contributed by atoms with Crippen molar-refractivity contribution in [2.45, 2.75) is 0 Å². The highest BCUT2D eigenvalue weighted by Gasteiger charge is 2.11. The Labute approximate surface area is 157 Å². The number of amidine groups is 1. The SMILES string of the molecule is COc1ccc(-c2nc3ccc(C4=NCCN4)cc3[nH]2)cc1.Cl.Cl.O. The number of methoxy groups -OCH3 is 1. The molecule has 0 bridgehead atoms. The molecular weight excluding hydrogens is 363 g/mol. The van der Waals surface area contributed by atoms with Gasteiger partial charge in [-0.2, -0.15) is 0 Å². The van der Waals surface area contributed by atoms with Crippen molar-refractivity contribution in [1.29, 1.82) is 0 Å². The van der Waals surface area contributed by atoms with E-state index in [2.05, 4.69) is 32.4 Å². The predicted molar refractivity (Wildman–Crippen MR) is 106 cm³/mol. The summed E-state index contributed by atoms with van der Waals surface area (Å²) >= 11 is 0. The van der Waals surface area contributed by atoms with Crippen molar-refractivity contribution in [2.24, 2.45) is 4.99 Å². The maximum Gasteiger partial charge on any atom is 0.138 e. The zero-order valence-corrected chi connectivity index (χ0v) is 15.2. The number of benzene rings is 2. The largest absolute Gasteiger partial charge is 0.497 e. The maximum absolute atomic E-state index is 5.19. The fraction of sp³-hybridized carbons (Fsp3) is 0.176. The quantitative estimate of drug-likeness (QED) is 0.728. The van der Waals surface area contributed by atoms with Crippen LogP contribution in [0.1, 0.15) is 5.56 Å². The van der Waals surface area contributed by atoms with Crippen LogP contribution in [-0.2, 0) is 0 Å². The van der Waals surface area contributed by atoms with E-state index < -0.39 is 0 Å². The average Bonchev–Trinajstić information content (AvgIpc) is 3.23. The summed E-state index contributed by atoms with van der Waals surface area (Å²) in [5, 5.41) is 3.29. The lowest BCUT2D eigenvalue weighted by molar-refractivity contribution is 0.415. The summed E-state index contributed by atoms with van der Waals surface area (Å²) in [7, 11) is 1.66. The molecule has 0 spiro atoms. The molecule has 3 aromatic rings. The number of aliphatic imine (C=N–C) groups is 1. The van der Waals surface area contributed by atoms with Gasteiger partial charge in [-0.1, -0.05) is 0 Å². The molecule has 0 aliphatic carbocycles. The Kier molecular flexibility index (Phi) is 7.23. The fourth-order valence-corrected chi connectivity index (χ4v) is 2.63. The first-order chi connectivity index (χ1) is 10.8. The smallest absolute Gasteiger partial charge is 0.138 e. The van der Waals surface area contributed by atoms with Crippen LogP contribution in [0.15, 0.2) is 47.5 Å². The average molecular weight is 383 g/mol. The topological polar surface area (TPSA) is 93.8 Å². The highest BCUT2D eigenvalue weighted by molar-refractivity contribution is 6.02. The number of ether oxygens (including phenoxy) is 1. The second-order valence-electron chi connectivity index (χ2n) is 5.20. The molecule has 2 heterocycles. The molecule has 0 amide bonds. The Hall–Kier alpha value is -2.28. The minimum atomic E-state index is 0. The highest BCUT2D eigenvalue weighted by atomic mass is 35.5. The summed E-state index contributed by atoms with van der Waals surface area (Å²) in [5.41, 5.74) is 4.10. The van der Waals surface area contributed by atoms with Crippen LogP contribution in [-0.4, -0.2) is 41.5 Å². The number of aromatic amines is 1. The van der Waals surface area contributed by atoms with Gasteiger partial charge in [0.25, 0.3) is 0 Å². The van der Waals surface area contributed by atoms with Gasteiger partial charge in [0.15, 0.2) is 0 Å². The molecule has 8 heteroatoms. The number of rotatable bonds is 3. The number of aromatic nitrogens is 2. The third-order valence-electron chi connectivity index (χ3n) is 3.79. The normalized spacial score (nSPS) is 12.3. The first-order valence-corrected chi connectivity index (χ1v) is 7.26. The van der Waals surface area contributed by atoms with E-state index in [1.807, 2.05) is 30.3 Å². The van der Waals surface area contributed by atoms with Crippen LogP contribution in [0, 0.1) is 0 Å². The Bertz CT molecular complexity index is 863. The lowest BCUT2D eigenvalue weighted by Crippen LogP contribution is -2.19. The monoisotopic (exact) mass is 382 g/mol. The predicted octanol–water partition coefficient (Wildman–Crippen LogP) is 2.61. The van der Waals surface area contributed by atoms with E-state index in [9.17, 15) is 0 Å². The van der Waals surface area contributed by atoms with E-state index >= 15 is 0 Å². The van der Waals surface area contributed by atoms with Crippen molar-refractivity contribution >= 4 is 41.7 Å². The molecule has 0 atom stereocenters. The van der Waals surface area contributed by atoms with E-state index in [-0.39, 0.29) is 30.3 Å². The molecule has 0 unspecified atom stereocenters. The summed E-state index contributed by atoms with van der Waals surface area (Å²) in [6.07, 6.45) is 0. The zero-order valence-electron chi connectivity index (χ0n) is 13.6. The second-order valence-corrected chi connectivity index (χ2v) is 5.20. The summed E-state index contributed by atoms with van der Waals surface area (Å²) < 4.78 is 5.19. The molecule has 25 heavy (non-hydrogen) atoms. The molecule has 4 N–H and O–H groups in total. The molecule has 1 aromatic heterocycles. The molecule has 0 fully saturated rings. The Balaban J connectivity index is 0.00000104. The van der Waals surface area contributed by atoms with E-state index in [1.165, 1.54) is 0 Å². The van der Waals surface area contributed by atoms with Gasteiger partial charge in [-0.25, -0.2) is 4.98 Å². The summed E-state index contributed by atoms with van der Waals surface area (Å²) in [4.78, 5) is 12.5. The van der Waals surface area contributed by atoms with Gasteiger partial charge in [-0.3, -0.25) is 4.99 Å². The molecular formula is C17H20Cl2N4O2. The second kappa shape index (κ2) is 8.71. The number of nitrogens with one attached hydrogen (secondary N) is 2. The lowest BCUT2D eigenvalue weighted by Gasteiger charge is -2.01. The molecule has 134 valence electrons. The number of hydrogen-bond donors (Lipinski definition) is 2. The summed E-state index contributed by atoms with van der Waals surface area (Å²) in [6, 6.07) is 14.0. The third kappa shape index (κ3) is 4.04. The maximum atomic E-state index is 5.19. The van der Waals surface area contributed by atoms with Gasteiger partial charge < -0.3 is 20.5 Å². The summed E-state index contributed by atoms with van der Waals surface area (Å²) in [6.45, 7) is 1.75. The fourth-order valence-electron chi connectivity index (χ4n) is 2.63. The third-order valence-corrected chi connectivity index (χ3v) is 3.79. The van der Waals surface area contributed by atoms with E-state index in [0.29, 0.717) is 0 Å². The molecule has 1 aliphatic heterocycles. The zero-order chi connectivity index (χ0) is 14.9. The van der Waals surface area contributed by atoms with Crippen LogP contribution in [0.25, 0.3) is 22.4 Å².